The first-order valence-corrected chi connectivity index (χ1v) is 6.34. The van der Waals surface area contributed by atoms with Crippen molar-refractivity contribution in [2.24, 2.45) is 0 Å². The van der Waals surface area contributed by atoms with Gasteiger partial charge >= 0.3 is 0 Å². The smallest absolute Gasteiger partial charge is 0.119 e. The monoisotopic (exact) mass is 282 g/mol. The largest absolute Gasteiger partial charge is 0.494 e. The average Bonchev–Trinajstić information content (AvgIpc) is 2.20. The Bertz CT molecular complexity index is 359. The predicted molar refractivity (Wildman–Crippen MR) is 73.2 cm³/mol. The lowest BCUT2D eigenvalue weighted by Gasteiger charge is -2.10. The third-order valence-electron chi connectivity index (χ3n) is 2.43. The van der Waals surface area contributed by atoms with Gasteiger partial charge in [0.25, 0.3) is 0 Å². The molecule has 0 aliphatic heterocycles. The van der Waals surface area contributed by atoms with E-state index in [1.807, 2.05) is 6.92 Å². The summed E-state index contributed by atoms with van der Waals surface area (Å²) in [5, 5.41) is 0. The normalized spacial score (nSPS) is 10.2. The summed E-state index contributed by atoms with van der Waals surface area (Å²) in [6, 6.07) is 4.13. The van der Waals surface area contributed by atoms with Gasteiger partial charge in [-0.25, -0.2) is 0 Å². The van der Waals surface area contributed by atoms with Gasteiger partial charge in [0.15, 0.2) is 0 Å². The van der Waals surface area contributed by atoms with Crippen LogP contribution in [0.1, 0.15) is 30.9 Å². The molecule has 0 saturated carbocycles. The van der Waals surface area contributed by atoms with Crippen LogP contribution in [0.5, 0.6) is 5.75 Å². The third kappa shape index (κ3) is 4.01. The number of rotatable bonds is 5. The van der Waals surface area contributed by atoms with Gasteiger partial charge in [-0.15, -0.1) is 6.58 Å². The summed E-state index contributed by atoms with van der Waals surface area (Å²) in [6.45, 7) is 10.8. The molecule has 0 amide bonds. The van der Waals surface area contributed by atoms with Crippen molar-refractivity contribution in [2.75, 3.05) is 6.61 Å². The van der Waals surface area contributed by atoms with Crippen molar-refractivity contribution in [3.8, 4) is 5.75 Å². The van der Waals surface area contributed by atoms with E-state index in [0.717, 1.165) is 25.2 Å². The van der Waals surface area contributed by atoms with Crippen molar-refractivity contribution in [3.63, 3.8) is 0 Å². The van der Waals surface area contributed by atoms with Gasteiger partial charge in [-0.3, -0.25) is 0 Å². The van der Waals surface area contributed by atoms with Crippen LogP contribution in [0.4, 0.5) is 0 Å². The minimum atomic E-state index is 0.757. The molecule has 0 saturated heterocycles. The van der Waals surface area contributed by atoms with Gasteiger partial charge in [0.05, 0.1) is 6.61 Å². The summed E-state index contributed by atoms with van der Waals surface area (Å²) in [4.78, 5) is 0. The second-order valence-corrected chi connectivity index (χ2v) is 5.07. The molecule has 0 aliphatic rings. The maximum atomic E-state index is 5.71. The molecule has 0 heterocycles. The third-order valence-corrected chi connectivity index (χ3v) is 3.68. The highest BCUT2D eigenvalue weighted by Crippen LogP contribution is 2.26. The van der Waals surface area contributed by atoms with Gasteiger partial charge < -0.3 is 4.74 Å². The van der Waals surface area contributed by atoms with Crippen LogP contribution in [0.15, 0.2) is 28.8 Å². The van der Waals surface area contributed by atoms with Crippen molar-refractivity contribution in [3.05, 3.63) is 39.9 Å². The van der Waals surface area contributed by atoms with Gasteiger partial charge in [0.1, 0.15) is 5.75 Å². The molecule has 0 N–H and O–H groups in total. The van der Waals surface area contributed by atoms with Crippen molar-refractivity contribution < 1.29 is 4.74 Å². The minimum Gasteiger partial charge on any atom is -0.494 e. The fraction of sp³-hybridized carbons (Fsp3) is 0.429. The van der Waals surface area contributed by atoms with Crippen LogP contribution in [0, 0.1) is 13.8 Å². The van der Waals surface area contributed by atoms with Crippen molar-refractivity contribution in [1.29, 1.82) is 0 Å². The molecule has 16 heavy (non-hydrogen) atoms. The molecular formula is C14H19BrO. The Kier molecular flexibility index (Phi) is 5.07. The van der Waals surface area contributed by atoms with Gasteiger partial charge in [0.2, 0.25) is 0 Å². The lowest BCUT2D eigenvalue weighted by molar-refractivity contribution is 0.310. The van der Waals surface area contributed by atoms with E-state index in [4.69, 9.17) is 4.74 Å². The molecule has 0 unspecified atom stereocenters. The highest BCUT2D eigenvalue weighted by molar-refractivity contribution is 9.10. The van der Waals surface area contributed by atoms with E-state index in [2.05, 4.69) is 48.5 Å². The number of aryl methyl sites for hydroxylation is 2. The quantitative estimate of drug-likeness (QED) is 0.557. The molecule has 0 aliphatic carbocycles. The summed E-state index contributed by atoms with van der Waals surface area (Å²) < 4.78 is 6.88. The highest BCUT2D eigenvalue weighted by Gasteiger charge is 2.02. The Morgan fingerprint density at radius 2 is 1.88 bits per heavy atom. The molecule has 0 aromatic heterocycles. The molecular weight excluding hydrogens is 264 g/mol. The molecule has 0 atom stereocenters. The Morgan fingerprint density at radius 1 is 1.31 bits per heavy atom. The number of allylic oxidation sites excluding steroid dienone is 1. The lowest BCUT2D eigenvalue weighted by atomic mass is 10.1. The standard InChI is InChI=1S/C14H19BrO/c1-10(2)6-5-7-16-13-8-11(3)14(15)12(4)9-13/h8-9H,1,5-7H2,2-4H3. The molecule has 0 fully saturated rings. The summed E-state index contributed by atoms with van der Waals surface area (Å²) >= 11 is 3.55. The molecule has 88 valence electrons. The maximum Gasteiger partial charge on any atom is 0.119 e. The van der Waals surface area contributed by atoms with E-state index in [1.165, 1.54) is 21.2 Å². The molecule has 0 radical (unpaired) electrons. The number of hydrogen-bond acceptors (Lipinski definition) is 1. The van der Waals surface area contributed by atoms with E-state index < -0.39 is 0 Å². The number of benzene rings is 1. The molecule has 0 spiro atoms. The first kappa shape index (κ1) is 13.3. The fourth-order valence-electron chi connectivity index (χ4n) is 1.55. The summed E-state index contributed by atoms with van der Waals surface area (Å²) in [5.41, 5.74) is 3.65. The second-order valence-electron chi connectivity index (χ2n) is 4.28. The Morgan fingerprint density at radius 3 is 2.38 bits per heavy atom. The first-order chi connectivity index (χ1) is 7.50. The van der Waals surface area contributed by atoms with Crippen molar-refractivity contribution in [2.45, 2.75) is 33.6 Å². The molecule has 1 aromatic carbocycles. The number of hydrogen-bond donors (Lipinski definition) is 0. The van der Waals surface area contributed by atoms with Crippen LogP contribution in [0.25, 0.3) is 0 Å². The van der Waals surface area contributed by atoms with Crippen LogP contribution in [0.3, 0.4) is 0 Å². The zero-order chi connectivity index (χ0) is 12.1. The Labute approximate surface area is 107 Å². The van der Waals surface area contributed by atoms with Gasteiger partial charge in [-0.2, -0.15) is 0 Å². The van der Waals surface area contributed by atoms with Crippen LogP contribution < -0.4 is 4.74 Å². The van der Waals surface area contributed by atoms with Crippen molar-refractivity contribution in [1.82, 2.24) is 0 Å². The zero-order valence-corrected chi connectivity index (χ0v) is 11.9. The molecule has 1 aromatic rings. The molecule has 1 nitrogen and oxygen atoms in total. The minimum absolute atomic E-state index is 0.757. The van der Waals surface area contributed by atoms with E-state index in [9.17, 15) is 0 Å². The molecule has 0 bridgehead atoms. The van der Waals surface area contributed by atoms with E-state index in [-0.39, 0.29) is 0 Å². The molecule has 2 heteroatoms. The van der Waals surface area contributed by atoms with Crippen LogP contribution in [-0.4, -0.2) is 6.61 Å². The SMILES string of the molecule is C=C(C)CCCOc1cc(C)c(Br)c(C)c1. The topological polar surface area (TPSA) is 9.23 Å². The summed E-state index contributed by atoms with van der Waals surface area (Å²) in [7, 11) is 0. The Hall–Kier alpha value is -0.760. The van der Waals surface area contributed by atoms with Gasteiger partial charge in [-0.1, -0.05) is 21.5 Å². The number of halogens is 1. The van der Waals surface area contributed by atoms with Gasteiger partial charge in [-0.05, 0) is 56.9 Å². The Balaban J connectivity index is 2.52. The average molecular weight is 283 g/mol. The fourth-order valence-corrected chi connectivity index (χ4v) is 1.78. The summed E-state index contributed by atoms with van der Waals surface area (Å²) in [5.74, 6) is 0.958. The van der Waals surface area contributed by atoms with E-state index >= 15 is 0 Å². The van der Waals surface area contributed by atoms with Gasteiger partial charge in [0, 0.05) is 4.47 Å². The predicted octanol–water partition coefficient (Wildman–Crippen LogP) is 4.80. The first-order valence-electron chi connectivity index (χ1n) is 5.54. The lowest BCUT2D eigenvalue weighted by Crippen LogP contribution is -1.98. The van der Waals surface area contributed by atoms with Crippen LogP contribution >= 0.6 is 15.9 Å². The highest BCUT2D eigenvalue weighted by atomic mass is 79.9. The van der Waals surface area contributed by atoms with Crippen molar-refractivity contribution >= 4 is 15.9 Å². The number of ether oxygens (including phenoxy) is 1. The van der Waals surface area contributed by atoms with Crippen LogP contribution in [-0.2, 0) is 0 Å². The maximum absolute atomic E-state index is 5.71. The second kappa shape index (κ2) is 6.09. The van der Waals surface area contributed by atoms with E-state index in [0.29, 0.717) is 0 Å². The zero-order valence-electron chi connectivity index (χ0n) is 10.3. The molecule has 1 rings (SSSR count). The van der Waals surface area contributed by atoms with E-state index in [1.54, 1.807) is 0 Å². The van der Waals surface area contributed by atoms with Crippen LogP contribution in [0.2, 0.25) is 0 Å². The summed E-state index contributed by atoms with van der Waals surface area (Å²) in [6.07, 6.45) is 2.07.